The number of piperidine rings is 1. The first-order chi connectivity index (χ1) is 12.1. The molecule has 26 heavy (non-hydrogen) atoms. The van der Waals surface area contributed by atoms with Crippen molar-refractivity contribution in [3.8, 4) is 5.75 Å². The van der Waals surface area contributed by atoms with E-state index < -0.39 is 0 Å². The van der Waals surface area contributed by atoms with Crippen LogP contribution in [0.1, 0.15) is 24.8 Å². The predicted molar refractivity (Wildman–Crippen MR) is 103 cm³/mol. The molecule has 7 heteroatoms. The Balaban J connectivity index is 0.00000243. The Labute approximate surface area is 161 Å². The maximum atomic E-state index is 12.5. The highest BCUT2D eigenvalue weighted by molar-refractivity contribution is 5.85. The minimum atomic E-state index is 0. The molecule has 2 saturated heterocycles. The zero-order valence-electron chi connectivity index (χ0n) is 15.3. The van der Waals surface area contributed by atoms with Crippen LogP contribution in [-0.2, 0) is 9.59 Å². The monoisotopic (exact) mass is 381 g/mol. The molecule has 1 aromatic rings. The molecule has 2 heterocycles. The molecule has 1 unspecified atom stereocenters. The number of halogens is 1. The lowest BCUT2D eigenvalue weighted by atomic mass is 10.0. The van der Waals surface area contributed by atoms with Crippen molar-refractivity contribution in [3.05, 3.63) is 29.8 Å². The minimum absolute atomic E-state index is 0. The van der Waals surface area contributed by atoms with E-state index in [9.17, 15) is 9.59 Å². The van der Waals surface area contributed by atoms with E-state index in [0.717, 1.165) is 43.8 Å². The van der Waals surface area contributed by atoms with Crippen molar-refractivity contribution in [2.24, 2.45) is 0 Å². The van der Waals surface area contributed by atoms with Gasteiger partial charge in [-0.1, -0.05) is 12.1 Å². The molecule has 0 aliphatic carbocycles. The highest BCUT2D eigenvalue weighted by atomic mass is 35.5. The normalized spacial score (nSPS) is 20.5. The largest absolute Gasteiger partial charge is 0.493 e. The third kappa shape index (κ3) is 5.35. The van der Waals surface area contributed by atoms with Gasteiger partial charge in [0, 0.05) is 32.2 Å². The number of carbonyl (C=O) groups is 2. The average Bonchev–Trinajstić information content (AvgIpc) is 2.62. The molecular formula is C19H28ClN3O3. The Morgan fingerprint density at radius 3 is 2.96 bits per heavy atom. The van der Waals surface area contributed by atoms with Crippen molar-refractivity contribution in [2.75, 3.05) is 39.3 Å². The van der Waals surface area contributed by atoms with Crippen LogP contribution in [-0.4, -0.2) is 67.0 Å². The van der Waals surface area contributed by atoms with E-state index in [2.05, 4.69) is 5.32 Å². The zero-order chi connectivity index (χ0) is 17.6. The predicted octanol–water partition coefficient (Wildman–Crippen LogP) is 1.61. The van der Waals surface area contributed by atoms with Crippen LogP contribution in [0, 0.1) is 6.92 Å². The summed E-state index contributed by atoms with van der Waals surface area (Å²) in [6.45, 7) is 5.81. The van der Waals surface area contributed by atoms with Crippen LogP contribution in [0.2, 0.25) is 0 Å². The Bertz CT molecular complexity index is 626. The van der Waals surface area contributed by atoms with Gasteiger partial charge in [0.05, 0.1) is 19.6 Å². The van der Waals surface area contributed by atoms with Crippen molar-refractivity contribution in [1.82, 2.24) is 15.1 Å². The molecule has 1 N–H and O–H groups in total. The lowest BCUT2D eigenvalue weighted by Crippen LogP contribution is -2.57. The Morgan fingerprint density at radius 2 is 2.19 bits per heavy atom. The molecule has 1 atom stereocenters. The summed E-state index contributed by atoms with van der Waals surface area (Å²) in [4.78, 5) is 28.4. The highest BCUT2D eigenvalue weighted by Crippen LogP contribution is 2.18. The topological polar surface area (TPSA) is 61.9 Å². The van der Waals surface area contributed by atoms with Gasteiger partial charge in [0.1, 0.15) is 5.75 Å². The van der Waals surface area contributed by atoms with Gasteiger partial charge in [-0.2, -0.15) is 0 Å². The summed E-state index contributed by atoms with van der Waals surface area (Å²) in [5, 5.41) is 3.10. The first kappa shape index (κ1) is 20.5. The summed E-state index contributed by atoms with van der Waals surface area (Å²) in [6.07, 6.45) is 2.30. The molecule has 0 aromatic heterocycles. The van der Waals surface area contributed by atoms with E-state index in [1.807, 2.05) is 41.0 Å². The molecule has 6 nitrogen and oxygen atoms in total. The van der Waals surface area contributed by atoms with Crippen molar-refractivity contribution in [1.29, 1.82) is 0 Å². The van der Waals surface area contributed by atoms with Crippen molar-refractivity contribution >= 4 is 24.2 Å². The second-order valence-electron chi connectivity index (χ2n) is 6.81. The number of benzene rings is 1. The molecule has 1 aromatic carbocycles. The molecule has 0 bridgehead atoms. The summed E-state index contributed by atoms with van der Waals surface area (Å²) in [5.41, 5.74) is 1.14. The van der Waals surface area contributed by atoms with Crippen LogP contribution >= 0.6 is 12.4 Å². The Hall–Kier alpha value is -1.79. The summed E-state index contributed by atoms with van der Waals surface area (Å²) in [5.74, 6) is 1.06. The van der Waals surface area contributed by atoms with E-state index in [1.165, 1.54) is 0 Å². The number of rotatable bonds is 5. The average molecular weight is 382 g/mol. The van der Waals surface area contributed by atoms with Crippen LogP contribution < -0.4 is 10.1 Å². The lowest BCUT2D eigenvalue weighted by Gasteiger charge is -2.41. The van der Waals surface area contributed by atoms with E-state index in [1.54, 1.807) is 0 Å². The lowest BCUT2D eigenvalue weighted by molar-refractivity contribution is -0.140. The number of carbonyl (C=O) groups excluding carboxylic acids is 2. The Kier molecular flexibility index (Phi) is 7.72. The fourth-order valence-corrected chi connectivity index (χ4v) is 3.56. The second-order valence-corrected chi connectivity index (χ2v) is 6.81. The first-order valence-electron chi connectivity index (χ1n) is 9.11. The third-order valence-corrected chi connectivity index (χ3v) is 4.89. The van der Waals surface area contributed by atoms with Gasteiger partial charge < -0.3 is 19.9 Å². The molecule has 2 amide bonds. The van der Waals surface area contributed by atoms with Crippen molar-refractivity contribution < 1.29 is 14.3 Å². The fraction of sp³-hybridized carbons (Fsp3) is 0.579. The third-order valence-electron chi connectivity index (χ3n) is 4.89. The van der Waals surface area contributed by atoms with Gasteiger partial charge in [-0.25, -0.2) is 0 Å². The van der Waals surface area contributed by atoms with Gasteiger partial charge in [0.25, 0.3) is 0 Å². The van der Waals surface area contributed by atoms with Crippen LogP contribution in [0.15, 0.2) is 24.3 Å². The molecule has 2 aliphatic heterocycles. The Morgan fingerprint density at radius 1 is 1.35 bits per heavy atom. The number of hydrogen-bond donors (Lipinski definition) is 1. The number of likely N-dealkylation sites (tertiary alicyclic amines) is 1. The fourth-order valence-electron chi connectivity index (χ4n) is 3.56. The van der Waals surface area contributed by atoms with E-state index in [0.29, 0.717) is 26.1 Å². The minimum Gasteiger partial charge on any atom is -0.493 e. The van der Waals surface area contributed by atoms with Gasteiger partial charge in [0.2, 0.25) is 11.8 Å². The zero-order valence-corrected chi connectivity index (χ0v) is 16.1. The van der Waals surface area contributed by atoms with Gasteiger partial charge in [0.15, 0.2) is 0 Å². The van der Waals surface area contributed by atoms with E-state index in [4.69, 9.17) is 4.74 Å². The summed E-state index contributed by atoms with van der Waals surface area (Å²) in [6, 6.07) is 8.00. The second kappa shape index (κ2) is 9.78. The molecule has 2 fully saturated rings. The molecule has 0 spiro atoms. The van der Waals surface area contributed by atoms with E-state index >= 15 is 0 Å². The van der Waals surface area contributed by atoms with Gasteiger partial charge in [-0.05, 0) is 37.5 Å². The quantitative estimate of drug-likeness (QED) is 0.841. The molecular weight excluding hydrogens is 354 g/mol. The summed E-state index contributed by atoms with van der Waals surface area (Å²) < 4.78 is 5.69. The summed E-state index contributed by atoms with van der Waals surface area (Å²) >= 11 is 0. The standard InChI is InChI=1S/C19H27N3O3.ClH/c1-15-4-2-6-17(12-15)25-11-7-18(23)21-9-3-5-16(14-21)22-10-8-20-13-19(22)24;/h2,4,6,12,16,20H,3,5,7-11,13-14H2,1H3;1H. The van der Waals surface area contributed by atoms with Gasteiger partial charge in [-0.15, -0.1) is 12.4 Å². The first-order valence-corrected chi connectivity index (χ1v) is 9.11. The maximum absolute atomic E-state index is 12.5. The van der Waals surface area contributed by atoms with Crippen LogP contribution in [0.4, 0.5) is 0 Å². The number of amides is 2. The van der Waals surface area contributed by atoms with E-state index in [-0.39, 0.29) is 30.3 Å². The number of nitrogens with zero attached hydrogens (tertiary/aromatic N) is 2. The SMILES string of the molecule is Cc1cccc(OCCC(=O)N2CCCC(N3CCNCC3=O)C2)c1.Cl. The number of aryl methyl sites for hydroxylation is 1. The molecule has 144 valence electrons. The highest BCUT2D eigenvalue weighted by Gasteiger charge is 2.31. The van der Waals surface area contributed by atoms with Crippen LogP contribution in [0.5, 0.6) is 5.75 Å². The van der Waals surface area contributed by atoms with Crippen molar-refractivity contribution in [3.63, 3.8) is 0 Å². The smallest absolute Gasteiger partial charge is 0.236 e. The number of hydrogen-bond acceptors (Lipinski definition) is 4. The maximum Gasteiger partial charge on any atom is 0.236 e. The number of piperazine rings is 1. The number of nitrogens with one attached hydrogen (secondary N) is 1. The molecule has 0 saturated carbocycles. The summed E-state index contributed by atoms with van der Waals surface area (Å²) in [7, 11) is 0. The molecule has 3 rings (SSSR count). The molecule has 2 aliphatic rings. The van der Waals surface area contributed by atoms with Crippen molar-refractivity contribution in [2.45, 2.75) is 32.2 Å². The molecule has 0 radical (unpaired) electrons. The van der Waals surface area contributed by atoms with Gasteiger partial charge in [-0.3, -0.25) is 9.59 Å². The van der Waals surface area contributed by atoms with Crippen LogP contribution in [0.25, 0.3) is 0 Å². The van der Waals surface area contributed by atoms with Gasteiger partial charge >= 0.3 is 0 Å². The van der Waals surface area contributed by atoms with Crippen LogP contribution in [0.3, 0.4) is 0 Å². The number of ether oxygens (including phenoxy) is 1.